The number of carbonyl (C=O) groups excluding carboxylic acids is 3. The van der Waals surface area contributed by atoms with E-state index in [4.69, 9.17) is 0 Å². The van der Waals surface area contributed by atoms with Gasteiger partial charge in [0.15, 0.2) is 0 Å². The summed E-state index contributed by atoms with van der Waals surface area (Å²) in [4.78, 5) is 51.0. The van der Waals surface area contributed by atoms with Crippen LogP contribution in [-0.2, 0) is 9.59 Å². The van der Waals surface area contributed by atoms with E-state index in [1.807, 2.05) is 37.3 Å². The minimum absolute atomic E-state index is 0.0868. The number of carbonyl (C=O) groups is 4. The highest BCUT2D eigenvalue weighted by molar-refractivity contribution is 8.00. The van der Waals surface area contributed by atoms with Gasteiger partial charge < -0.3 is 21.1 Å². The van der Waals surface area contributed by atoms with Gasteiger partial charge in [-0.2, -0.15) is 0 Å². The average Bonchev–Trinajstić information content (AvgIpc) is 3.00. The molecule has 4 rings (SSSR count). The van der Waals surface area contributed by atoms with Crippen LogP contribution >= 0.6 is 11.8 Å². The van der Waals surface area contributed by atoms with Gasteiger partial charge in [0, 0.05) is 21.8 Å². The fraction of sp³-hybridized carbons (Fsp3) is 0.118. The highest BCUT2D eigenvalue weighted by Crippen LogP contribution is 2.27. The van der Waals surface area contributed by atoms with Crippen molar-refractivity contribution < 1.29 is 24.3 Å². The number of carboxylic acids is 1. The summed E-state index contributed by atoms with van der Waals surface area (Å²) in [5.74, 6) is -2.23. The molecule has 0 aliphatic heterocycles. The maximum atomic E-state index is 13.3. The first-order valence-electron chi connectivity index (χ1n) is 13.5. The molecule has 8 nitrogen and oxygen atoms in total. The fourth-order valence-corrected chi connectivity index (χ4v) is 4.84. The van der Waals surface area contributed by atoms with Gasteiger partial charge >= 0.3 is 5.97 Å². The number of hydrogen-bond acceptors (Lipinski definition) is 5. The van der Waals surface area contributed by atoms with Crippen molar-refractivity contribution in [2.24, 2.45) is 0 Å². The molecule has 3 amide bonds. The Balaban J connectivity index is 1.43. The molecule has 4 N–H and O–H groups in total. The lowest BCUT2D eigenvalue weighted by Crippen LogP contribution is -2.30. The van der Waals surface area contributed by atoms with Crippen LogP contribution in [0.3, 0.4) is 0 Å². The van der Waals surface area contributed by atoms with Gasteiger partial charge in [-0.15, -0.1) is 11.8 Å². The Morgan fingerprint density at radius 1 is 0.791 bits per heavy atom. The average molecular weight is 594 g/mol. The summed E-state index contributed by atoms with van der Waals surface area (Å²) in [7, 11) is 0. The SMILES string of the molecule is Cc1ccc(/C=C(\NC(=O)c2ccccc2)C(=O)Nc2ccc(SC(C)C(=O)Nc3cc(C(=O)O)ccc3C)cc2)cc1. The van der Waals surface area contributed by atoms with E-state index in [0.717, 1.165) is 21.6 Å². The van der Waals surface area contributed by atoms with Gasteiger partial charge in [0.25, 0.3) is 11.8 Å². The first-order valence-corrected chi connectivity index (χ1v) is 14.3. The van der Waals surface area contributed by atoms with Gasteiger partial charge in [0.1, 0.15) is 5.70 Å². The van der Waals surface area contributed by atoms with Crippen molar-refractivity contribution in [1.29, 1.82) is 0 Å². The van der Waals surface area contributed by atoms with Crippen LogP contribution in [0.5, 0.6) is 0 Å². The van der Waals surface area contributed by atoms with Gasteiger partial charge in [0.05, 0.1) is 10.8 Å². The summed E-state index contributed by atoms with van der Waals surface area (Å²) in [6.45, 7) is 5.51. The van der Waals surface area contributed by atoms with Crippen molar-refractivity contribution >= 4 is 52.9 Å². The van der Waals surface area contributed by atoms with Gasteiger partial charge in [-0.1, -0.05) is 54.1 Å². The third-order valence-electron chi connectivity index (χ3n) is 6.45. The van der Waals surface area contributed by atoms with Crippen molar-refractivity contribution in [3.63, 3.8) is 0 Å². The van der Waals surface area contributed by atoms with E-state index < -0.39 is 23.0 Å². The lowest BCUT2D eigenvalue weighted by atomic mass is 10.1. The Morgan fingerprint density at radius 2 is 1.47 bits per heavy atom. The van der Waals surface area contributed by atoms with Crippen molar-refractivity contribution in [1.82, 2.24) is 5.32 Å². The summed E-state index contributed by atoms with van der Waals surface area (Å²) in [5.41, 5.74) is 4.15. The molecular formula is C34H31N3O5S. The van der Waals surface area contributed by atoms with Crippen LogP contribution in [-0.4, -0.2) is 34.0 Å². The van der Waals surface area contributed by atoms with Crippen LogP contribution < -0.4 is 16.0 Å². The van der Waals surface area contributed by atoms with Crippen molar-refractivity contribution in [3.05, 3.63) is 131 Å². The van der Waals surface area contributed by atoms with E-state index in [9.17, 15) is 24.3 Å². The number of benzene rings is 4. The molecule has 0 heterocycles. The molecule has 0 saturated heterocycles. The largest absolute Gasteiger partial charge is 0.478 e. The number of thioether (sulfide) groups is 1. The summed E-state index contributed by atoms with van der Waals surface area (Å²) in [6, 6.07) is 27.8. The summed E-state index contributed by atoms with van der Waals surface area (Å²) in [5, 5.41) is 17.1. The molecule has 0 spiro atoms. The summed E-state index contributed by atoms with van der Waals surface area (Å²) >= 11 is 1.32. The third-order valence-corrected chi connectivity index (χ3v) is 7.57. The Bertz CT molecular complexity index is 1670. The maximum absolute atomic E-state index is 13.3. The van der Waals surface area contributed by atoms with Crippen molar-refractivity contribution in [3.8, 4) is 0 Å². The minimum atomic E-state index is -1.07. The number of carboxylic acid groups (broad SMARTS) is 1. The van der Waals surface area contributed by atoms with Crippen LogP contribution in [0.15, 0.2) is 108 Å². The van der Waals surface area contributed by atoms with Gasteiger partial charge in [-0.3, -0.25) is 14.4 Å². The minimum Gasteiger partial charge on any atom is -0.478 e. The molecule has 0 aliphatic carbocycles. The lowest BCUT2D eigenvalue weighted by Gasteiger charge is -2.15. The Kier molecular flexibility index (Phi) is 10.1. The normalized spacial score (nSPS) is 11.7. The molecular weight excluding hydrogens is 562 g/mol. The maximum Gasteiger partial charge on any atom is 0.335 e. The molecule has 0 aromatic heterocycles. The highest BCUT2D eigenvalue weighted by atomic mass is 32.2. The number of anilines is 2. The quantitative estimate of drug-likeness (QED) is 0.122. The molecule has 4 aromatic carbocycles. The van der Waals surface area contributed by atoms with Crippen molar-refractivity contribution in [2.45, 2.75) is 30.9 Å². The van der Waals surface area contributed by atoms with E-state index in [2.05, 4.69) is 16.0 Å². The molecule has 1 atom stereocenters. The predicted octanol–water partition coefficient (Wildman–Crippen LogP) is 6.53. The van der Waals surface area contributed by atoms with Crippen LogP contribution in [0.25, 0.3) is 6.08 Å². The summed E-state index contributed by atoms with van der Waals surface area (Å²) < 4.78 is 0. The molecule has 4 aromatic rings. The van der Waals surface area contributed by atoms with Crippen LogP contribution in [0.4, 0.5) is 11.4 Å². The van der Waals surface area contributed by atoms with Gasteiger partial charge in [-0.05, 0) is 86.5 Å². The third kappa shape index (κ3) is 8.67. The first kappa shape index (κ1) is 30.8. The van der Waals surface area contributed by atoms with E-state index in [0.29, 0.717) is 16.9 Å². The van der Waals surface area contributed by atoms with Gasteiger partial charge in [-0.25, -0.2) is 4.79 Å². The zero-order chi connectivity index (χ0) is 30.9. The van der Waals surface area contributed by atoms with E-state index in [1.54, 1.807) is 74.5 Å². The van der Waals surface area contributed by atoms with Gasteiger partial charge in [0.2, 0.25) is 5.91 Å². The van der Waals surface area contributed by atoms with Crippen LogP contribution in [0, 0.1) is 13.8 Å². The fourth-order valence-electron chi connectivity index (χ4n) is 3.97. The Hall–Kier alpha value is -5.15. The molecule has 0 bridgehead atoms. The van der Waals surface area contributed by atoms with E-state index >= 15 is 0 Å². The van der Waals surface area contributed by atoms with Crippen molar-refractivity contribution in [2.75, 3.05) is 10.6 Å². The van der Waals surface area contributed by atoms with E-state index in [-0.39, 0.29) is 17.2 Å². The molecule has 1 unspecified atom stereocenters. The second-order valence-corrected chi connectivity index (χ2v) is 11.3. The predicted molar refractivity (Wildman–Crippen MR) is 170 cm³/mol. The summed E-state index contributed by atoms with van der Waals surface area (Å²) in [6.07, 6.45) is 1.62. The zero-order valence-corrected chi connectivity index (χ0v) is 24.7. The topological polar surface area (TPSA) is 125 Å². The molecule has 218 valence electrons. The monoisotopic (exact) mass is 593 g/mol. The number of nitrogens with one attached hydrogen (secondary N) is 3. The smallest absolute Gasteiger partial charge is 0.335 e. The zero-order valence-electron chi connectivity index (χ0n) is 23.9. The second kappa shape index (κ2) is 14.2. The lowest BCUT2D eigenvalue weighted by molar-refractivity contribution is -0.115. The second-order valence-electron chi connectivity index (χ2n) is 9.85. The number of hydrogen-bond donors (Lipinski definition) is 4. The standard InChI is InChI=1S/C34H31N3O5S/c1-21-9-12-24(13-10-21)19-30(37-32(39)25-7-5-4-6-8-25)33(40)35-27-15-17-28(18-16-27)43-23(3)31(38)36-29-20-26(34(41)42)14-11-22(29)2/h4-20,23H,1-3H3,(H,35,40)(H,36,38)(H,37,39)(H,41,42)/b30-19-. The molecule has 43 heavy (non-hydrogen) atoms. The Morgan fingerprint density at radius 3 is 2.12 bits per heavy atom. The first-order chi connectivity index (χ1) is 20.6. The van der Waals surface area contributed by atoms with Crippen LogP contribution in [0.1, 0.15) is 44.3 Å². The Labute approximate surface area is 254 Å². The number of aryl methyl sites for hydroxylation is 2. The molecule has 9 heteroatoms. The molecule has 0 aliphatic rings. The number of aromatic carboxylic acids is 1. The van der Waals surface area contributed by atoms with E-state index in [1.165, 1.54) is 23.9 Å². The number of amides is 3. The number of rotatable bonds is 10. The molecule has 0 radical (unpaired) electrons. The highest BCUT2D eigenvalue weighted by Gasteiger charge is 2.18. The molecule has 0 fully saturated rings. The molecule has 0 saturated carbocycles. The van der Waals surface area contributed by atoms with Crippen LogP contribution in [0.2, 0.25) is 0 Å².